The molecule has 0 heterocycles. The van der Waals surface area contributed by atoms with Gasteiger partial charge >= 0.3 is 0 Å². The Morgan fingerprint density at radius 3 is 2.46 bits per heavy atom. The second kappa shape index (κ2) is 4.61. The smallest absolute Gasteiger partial charge is 0.158 e. The number of carbonyl (C=O) groups excluding carboxylic acids is 1. The third-order valence-corrected chi connectivity index (χ3v) is 1.94. The molecule has 1 aromatic rings. The Bertz CT molecular complexity index is 309. The Morgan fingerprint density at radius 1 is 1.31 bits per heavy atom. The molecule has 0 aliphatic rings. The van der Waals surface area contributed by atoms with Crippen LogP contribution in [0.3, 0.4) is 0 Å². The van der Waals surface area contributed by atoms with Gasteiger partial charge in [-0.3, -0.25) is 4.79 Å². The van der Waals surface area contributed by atoms with Gasteiger partial charge in [-0.1, -0.05) is 37.3 Å². The van der Waals surface area contributed by atoms with Crippen LogP contribution in [0.25, 0.3) is 6.08 Å². The molecule has 1 aromatic carbocycles. The number of rotatable bonds is 3. The third-order valence-electron chi connectivity index (χ3n) is 1.94. The van der Waals surface area contributed by atoms with Gasteiger partial charge in [0, 0.05) is 6.42 Å². The highest BCUT2D eigenvalue weighted by Gasteiger charge is 1.99. The Labute approximate surface area is 79.1 Å². The van der Waals surface area contributed by atoms with Gasteiger partial charge in [-0.05, 0) is 24.1 Å². The van der Waals surface area contributed by atoms with Crippen molar-refractivity contribution in [1.29, 1.82) is 0 Å². The van der Waals surface area contributed by atoms with Gasteiger partial charge in [0.2, 0.25) is 0 Å². The molecule has 0 saturated heterocycles. The fourth-order valence-corrected chi connectivity index (χ4v) is 1.16. The van der Waals surface area contributed by atoms with Gasteiger partial charge in [0.15, 0.2) is 5.78 Å². The van der Waals surface area contributed by atoms with Crippen molar-refractivity contribution in [3.8, 4) is 0 Å². The van der Waals surface area contributed by atoms with Crippen LogP contribution in [0.4, 0.5) is 0 Å². The summed E-state index contributed by atoms with van der Waals surface area (Å²) in [6, 6.07) is 9.89. The predicted octanol–water partition coefficient (Wildman–Crippen LogP) is 3.07. The number of benzene rings is 1. The first kappa shape index (κ1) is 9.72. The van der Waals surface area contributed by atoms with Crippen LogP contribution >= 0.6 is 0 Å². The van der Waals surface area contributed by atoms with E-state index < -0.39 is 0 Å². The van der Waals surface area contributed by atoms with Gasteiger partial charge in [-0.25, -0.2) is 0 Å². The predicted molar refractivity (Wildman–Crippen MR) is 55.4 cm³/mol. The quantitative estimate of drug-likeness (QED) is 0.643. The molecule has 0 saturated carbocycles. The molecule has 0 bridgehead atoms. The van der Waals surface area contributed by atoms with Crippen LogP contribution in [0.2, 0.25) is 0 Å². The zero-order valence-electron chi connectivity index (χ0n) is 8.08. The molecule has 0 amide bonds. The summed E-state index contributed by atoms with van der Waals surface area (Å²) in [5, 5.41) is 0. The highest BCUT2D eigenvalue weighted by atomic mass is 16.1. The Morgan fingerprint density at radius 2 is 1.92 bits per heavy atom. The topological polar surface area (TPSA) is 17.1 Å². The summed E-state index contributed by atoms with van der Waals surface area (Å²) < 4.78 is 0. The molecule has 1 heteroatoms. The second-order valence-electron chi connectivity index (χ2n) is 3.01. The molecular weight excluding hydrogens is 160 g/mol. The zero-order valence-corrected chi connectivity index (χ0v) is 8.08. The number of carbonyl (C=O) groups is 1. The van der Waals surface area contributed by atoms with Gasteiger partial charge < -0.3 is 0 Å². The first-order valence-electron chi connectivity index (χ1n) is 4.50. The Balaban J connectivity index is 2.83. The first-order chi connectivity index (χ1) is 6.24. The van der Waals surface area contributed by atoms with Gasteiger partial charge in [-0.15, -0.1) is 0 Å². The van der Waals surface area contributed by atoms with E-state index in [1.807, 2.05) is 50.3 Å². The minimum absolute atomic E-state index is 0.212. The molecule has 0 N–H and O–H groups in total. The van der Waals surface area contributed by atoms with Crippen LogP contribution in [0.15, 0.2) is 35.9 Å². The van der Waals surface area contributed by atoms with E-state index in [1.165, 1.54) is 0 Å². The number of hydrogen-bond donors (Lipinski definition) is 0. The van der Waals surface area contributed by atoms with Crippen molar-refractivity contribution in [2.75, 3.05) is 0 Å². The molecule has 0 spiro atoms. The fraction of sp³-hybridized carbons (Fsp3) is 0.250. The van der Waals surface area contributed by atoms with Crippen molar-refractivity contribution >= 4 is 11.9 Å². The highest BCUT2D eigenvalue weighted by molar-refractivity contribution is 5.98. The van der Waals surface area contributed by atoms with E-state index >= 15 is 0 Å². The van der Waals surface area contributed by atoms with E-state index in [2.05, 4.69) is 0 Å². The average Bonchev–Trinajstić information content (AvgIpc) is 2.18. The lowest BCUT2D eigenvalue weighted by molar-refractivity contribution is -0.115. The van der Waals surface area contributed by atoms with Crippen molar-refractivity contribution in [2.45, 2.75) is 20.3 Å². The van der Waals surface area contributed by atoms with Crippen LogP contribution < -0.4 is 0 Å². The molecule has 1 rings (SSSR count). The molecule has 0 aliphatic heterocycles. The van der Waals surface area contributed by atoms with Gasteiger partial charge in [-0.2, -0.15) is 0 Å². The monoisotopic (exact) mass is 174 g/mol. The molecular formula is C12H14O. The maximum Gasteiger partial charge on any atom is 0.158 e. The number of Topliss-reactive ketones (excluding diaryl/α,β-unsaturated/α-hetero) is 1. The van der Waals surface area contributed by atoms with Crippen molar-refractivity contribution in [2.24, 2.45) is 0 Å². The summed E-state index contributed by atoms with van der Waals surface area (Å²) in [5.74, 6) is 0.212. The van der Waals surface area contributed by atoms with Crippen LogP contribution in [-0.4, -0.2) is 5.78 Å². The summed E-state index contributed by atoms with van der Waals surface area (Å²) in [5.41, 5.74) is 1.91. The molecule has 68 valence electrons. The van der Waals surface area contributed by atoms with E-state index in [9.17, 15) is 4.79 Å². The van der Waals surface area contributed by atoms with Crippen molar-refractivity contribution < 1.29 is 4.79 Å². The minimum atomic E-state index is 0.212. The van der Waals surface area contributed by atoms with Crippen LogP contribution in [-0.2, 0) is 4.79 Å². The minimum Gasteiger partial charge on any atom is -0.295 e. The number of allylic oxidation sites excluding steroid dienone is 1. The van der Waals surface area contributed by atoms with Crippen LogP contribution in [0, 0.1) is 0 Å². The molecule has 0 aliphatic carbocycles. The summed E-state index contributed by atoms with van der Waals surface area (Å²) >= 11 is 0. The largest absolute Gasteiger partial charge is 0.295 e. The summed E-state index contributed by atoms with van der Waals surface area (Å²) in [4.78, 5) is 11.2. The van der Waals surface area contributed by atoms with Gasteiger partial charge in [0.25, 0.3) is 0 Å². The normalized spacial score (nSPS) is 11.4. The van der Waals surface area contributed by atoms with E-state index in [1.54, 1.807) is 0 Å². The molecule has 0 atom stereocenters. The lowest BCUT2D eigenvalue weighted by Crippen LogP contribution is -1.95. The highest BCUT2D eigenvalue weighted by Crippen LogP contribution is 2.07. The van der Waals surface area contributed by atoms with E-state index in [-0.39, 0.29) is 5.78 Å². The van der Waals surface area contributed by atoms with Crippen molar-refractivity contribution in [1.82, 2.24) is 0 Å². The van der Waals surface area contributed by atoms with Gasteiger partial charge in [0.1, 0.15) is 0 Å². The van der Waals surface area contributed by atoms with Crippen molar-refractivity contribution in [3.05, 3.63) is 41.5 Å². The third kappa shape index (κ3) is 2.86. The molecule has 1 nitrogen and oxygen atoms in total. The number of hydrogen-bond acceptors (Lipinski definition) is 1. The van der Waals surface area contributed by atoms with E-state index in [0.717, 1.165) is 11.1 Å². The number of ketones is 1. The van der Waals surface area contributed by atoms with Crippen molar-refractivity contribution in [3.63, 3.8) is 0 Å². The maximum atomic E-state index is 11.2. The SMILES string of the molecule is CCC(=O)C(C)=Cc1ccccc1. The van der Waals surface area contributed by atoms with Gasteiger partial charge in [0.05, 0.1) is 0 Å². The molecule has 0 aromatic heterocycles. The zero-order chi connectivity index (χ0) is 9.68. The Hall–Kier alpha value is -1.37. The molecule has 0 radical (unpaired) electrons. The molecule has 13 heavy (non-hydrogen) atoms. The summed E-state index contributed by atoms with van der Waals surface area (Å²) in [6.45, 7) is 3.74. The molecule has 0 unspecified atom stereocenters. The van der Waals surface area contributed by atoms with E-state index in [0.29, 0.717) is 6.42 Å². The second-order valence-corrected chi connectivity index (χ2v) is 3.01. The standard InChI is InChI=1S/C12H14O/c1-3-12(13)10(2)9-11-7-5-4-6-8-11/h4-9H,3H2,1-2H3. The van der Waals surface area contributed by atoms with Crippen LogP contribution in [0.1, 0.15) is 25.8 Å². The fourth-order valence-electron chi connectivity index (χ4n) is 1.16. The van der Waals surface area contributed by atoms with E-state index in [4.69, 9.17) is 0 Å². The summed E-state index contributed by atoms with van der Waals surface area (Å²) in [7, 11) is 0. The lowest BCUT2D eigenvalue weighted by atomic mass is 10.1. The molecule has 0 fully saturated rings. The Kier molecular flexibility index (Phi) is 3.44. The lowest BCUT2D eigenvalue weighted by Gasteiger charge is -1.97. The van der Waals surface area contributed by atoms with Crippen LogP contribution in [0.5, 0.6) is 0 Å². The maximum absolute atomic E-state index is 11.2. The summed E-state index contributed by atoms with van der Waals surface area (Å²) in [6.07, 6.45) is 2.50. The average molecular weight is 174 g/mol. The first-order valence-corrected chi connectivity index (χ1v) is 4.50.